The smallest absolute Gasteiger partial charge is 0.255 e. The molecule has 1 amide bonds. The van der Waals surface area contributed by atoms with Crippen LogP contribution in [0.3, 0.4) is 0 Å². The highest BCUT2D eigenvalue weighted by Gasteiger charge is 2.48. The van der Waals surface area contributed by atoms with E-state index in [9.17, 15) is 9.90 Å². The lowest BCUT2D eigenvalue weighted by molar-refractivity contribution is 0.0641. The van der Waals surface area contributed by atoms with Crippen molar-refractivity contribution in [2.75, 3.05) is 13.1 Å². The lowest BCUT2D eigenvalue weighted by atomic mass is 9.81. The summed E-state index contributed by atoms with van der Waals surface area (Å²) in [6, 6.07) is 15.5. The summed E-state index contributed by atoms with van der Waals surface area (Å²) in [7, 11) is 0. The minimum atomic E-state index is -0.185. The summed E-state index contributed by atoms with van der Waals surface area (Å²) in [5.74, 6) is -0.138. The number of carbonyl (C=O) groups excluding carboxylic acids is 1. The van der Waals surface area contributed by atoms with Crippen LogP contribution in [0.4, 0.5) is 0 Å². The highest BCUT2D eigenvalue weighted by molar-refractivity contribution is 5.98. The molecule has 0 spiro atoms. The Morgan fingerprint density at radius 2 is 1.68 bits per heavy atom. The van der Waals surface area contributed by atoms with Crippen molar-refractivity contribution in [3.05, 3.63) is 65.2 Å². The molecule has 1 atom stereocenters. The van der Waals surface area contributed by atoms with E-state index in [0.717, 1.165) is 37.1 Å². The van der Waals surface area contributed by atoms with E-state index in [-0.39, 0.29) is 23.2 Å². The number of carbonyl (C=O) groups is 1. The Kier molecular flexibility index (Phi) is 5.40. The van der Waals surface area contributed by atoms with Crippen molar-refractivity contribution in [1.82, 2.24) is 10.2 Å². The third-order valence-electron chi connectivity index (χ3n) is 6.63. The molecule has 2 fully saturated rings. The van der Waals surface area contributed by atoms with E-state index in [4.69, 9.17) is 0 Å². The largest absolute Gasteiger partial charge is 0.507 e. The van der Waals surface area contributed by atoms with E-state index in [0.29, 0.717) is 5.56 Å². The molecule has 1 aliphatic heterocycles. The van der Waals surface area contributed by atoms with Gasteiger partial charge < -0.3 is 10.4 Å². The Labute approximate surface area is 167 Å². The first kappa shape index (κ1) is 19.0. The first-order valence-corrected chi connectivity index (χ1v) is 10.5. The van der Waals surface area contributed by atoms with Crippen LogP contribution in [-0.4, -0.2) is 34.5 Å². The zero-order valence-electron chi connectivity index (χ0n) is 16.7. The van der Waals surface area contributed by atoms with Gasteiger partial charge in [-0.15, -0.1) is 0 Å². The van der Waals surface area contributed by atoms with E-state index in [1.165, 1.54) is 25.7 Å². The zero-order valence-corrected chi connectivity index (χ0v) is 16.7. The molecule has 4 nitrogen and oxygen atoms in total. The third-order valence-corrected chi connectivity index (χ3v) is 6.63. The number of rotatable bonds is 5. The maximum Gasteiger partial charge on any atom is 0.255 e. The Bertz CT molecular complexity index is 802. The lowest BCUT2D eigenvalue weighted by Crippen LogP contribution is -2.55. The monoisotopic (exact) mass is 378 g/mol. The van der Waals surface area contributed by atoms with Crippen LogP contribution in [0, 0.1) is 6.92 Å². The molecular formula is C24H30N2O2. The van der Waals surface area contributed by atoms with Crippen LogP contribution in [0.1, 0.15) is 66.1 Å². The SMILES string of the molecule is Cc1cccc(O)c1C(=O)NC(c1ccccc1)C1(N2CCCC2)CCCC1. The minimum absolute atomic E-state index is 0.0359. The molecular weight excluding hydrogens is 348 g/mol. The summed E-state index contributed by atoms with van der Waals surface area (Å²) in [4.78, 5) is 15.9. The Balaban J connectivity index is 1.73. The van der Waals surface area contributed by atoms with Crippen LogP contribution >= 0.6 is 0 Å². The number of hydrogen-bond acceptors (Lipinski definition) is 3. The van der Waals surface area contributed by atoms with E-state index >= 15 is 0 Å². The summed E-state index contributed by atoms with van der Waals surface area (Å²) in [6.07, 6.45) is 7.07. The number of phenolic OH excluding ortho intramolecular Hbond substituents is 1. The van der Waals surface area contributed by atoms with Crippen molar-refractivity contribution < 1.29 is 9.90 Å². The fraction of sp³-hybridized carbons (Fsp3) is 0.458. The number of phenols is 1. The summed E-state index contributed by atoms with van der Waals surface area (Å²) >= 11 is 0. The van der Waals surface area contributed by atoms with E-state index in [1.807, 2.05) is 31.2 Å². The molecule has 0 aromatic heterocycles. The molecule has 2 aromatic rings. The topological polar surface area (TPSA) is 52.6 Å². The van der Waals surface area contributed by atoms with Crippen LogP contribution in [0.5, 0.6) is 5.75 Å². The van der Waals surface area contributed by atoms with Crippen LogP contribution in [0.15, 0.2) is 48.5 Å². The predicted octanol–water partition coefficient (Wildman–Crippen LogP) is 4.58. The van der Waals surface area contributed by atoms with E-state index in [2.05, 4.69) is 22.3 Å². The molecule has 28 heavy (non-hydrogen) atoms. The number of aryl methyl sites for hydroxylation is 1. The molecule has 1 aliphatic carbocycles. The van der Waals surface area contributed by atoms with E-state index < -0.39 is 0 Å². The van der Waals surface area contributed by atoms with Gasteiger partial charge in [0.15, 0.2) is 0 Å². The molecule has 2 N–H and O–H groups in total. The summed E-state index contributed by atoms with van der Waals surface area (Å²) in [5.41, 5.74) is 2.30. The van der Waals surface area contributed by atoms with Gasteiger partial charge in [0, 0.05) is 5.54 Å². The van der Waals surface area contributed by atoms with E-state index in [1.54, 1.807) is 12.1 Å². The van der Waals surface area contributed by atoms with Gasteiger partial charge >= 0.3 is 0 Å². The van der Waals surface area contributed by atoms with Crippen LogP contribution in [0.25, 0.3) is 0 Å². The highest BCUT2D eigenvalue weighted by atomic mass is 16.3. The molecule has 1 heterocycles. The fourth-order valence-corrected chi connectivity index (χ4v) is 5.26. The van der Waals surface area contributed by atoms with Crippen molar-refractivity contribution in [2.24, 2.45) is 0 Å². The Morgan fingerprint density at radius 1 is 1.00 bits per heavy atom. The Morgan fingerprint density at radius 3 is 2.32 bits per heavy atom. The predicted molar refractivity (Wildman–Crippen MR) is 111 cm³/mol. The van der Waals surface area contributed by atoms with Gasteiger partial charge in [-0.2, -0.15) is 0 Å². The summed E-state index contributed by atoms with van der Waals surface area (Å²) in [6.45, 7) is 4.08. The lowest BCUT2D eigenvalue weighted by Gasteiger charge is -2.45. The average molecular weight is 379 g/mol. The molecule has 4 heteroatoms. The van der Waals surface area contributed by atoms with Crippen molar-refractivity contribution in [3.63, 3.8) is 0 Å². The van der Waals surface area contributed by atoms with Gasteiger partial charge in [0.25, 0.3) is 5.91 Å². The second kappa shape index (κ2) is 7.96. The zero-order chi connectivity index (χ0) is 19.6. The number of amides is 1. The molecule has 0 bridgehead atoms. The molecule has 1 unspecified atom stereocenters. The minimum Gasteiger partial charge on any atom is -0.507 e. The second-order valence-corrected chi connectivity index (χ2v) is 8.29. The van der Waals surface area contributed by atoms with Crippen LogP contribution in [-0.2, 0) is 0 Å². The van der Waals surface area contributed by atoms with Gasteiger partial charge in [-0.1, -0.05) is 55.3 Å². The Hall–Kier alpha value is -2.33. The van der Waals surface area contributed by atoms with Crippen LogP contribution in [0.2, 0.25) is 0 Å². The molecule has 1 saturated carbocycles. The average Bonchev–Trinajstić information content (AvgIpc) is 3.39. The quantitative estimate of drug-likeness (QED) is 0.801. The molecule has 2 aliphatic rings. The number of nitrogens with zero attached hydrogens (tertiary/aromatic N) is 1. The number of nitrogens with one attached hydrogen (secondary N) is 1. The van der Waals surface area contributed by atoms with Gasteiger partial charge in [-0.25, -0.2) is 0 Å². The fourth-order valence-electron chi connectivity index (χ4n) is 5.26. The second-order valence-electron chi connectivity index (χ2n) is 8.29. The van der Waals surface area contributed by atoms with Crippen molar-refractivity contribution in [2.45, 2.75) is 57.0 Å². The molecule has 4 rings (SSSR count). The van der Waals surface area contributed by atoms with Gasteiger partial charge in [-0.3, -0.25) is 9.69 Å². The maximum atomic E-state index is 13.3. The van der Waals surface area contributed by atoms with Crippen LogP contribution < -0.4 is 5.32 Å². The molecule has 148 valence electrons. The van der Waals surface area contributed by atoms with Gasteiger partial charge in [0.1, 0.15) is 5.75 Å². The molecule has 2 aromatic carbocycles. The number of aromatic hydroxyl groups is 1. The number of benzene rings is 2. The normalized spacial score (nSPS) is 20.2. The number of hydrogen-bond donors (Lipinski definition) is 2. The maximum absolute atomic E-state index is 13.3. The first-order valence-electron chi connectivity index (χ1n) is 10.5. The summed E-state index contributed by atoms with van der Waals surface area (Å²) < 4.78 is 0. The molecule has 1 saturated heterocycles. The first-order chi connectivity index (χ1) is 13.6. The highest BCUT2D eigenvalue weighted by Crippen LogP contribution is 2.46. The van der Waals surface area contributed by atoms with Gasteiger partial charge in [0.05, 0.1) is 11.6 Å². The van der Waals surface area contributed by atoms with Crippen molar-refractivity contribution in [3.8, 4) is 5.75 Å². The van der Waals surface area contributed by atoms with Gasteiger partial charge in [-0.05, 0) is 62.9 Å². The third kappa shape index (κ3) is 3.42. The summed E-state index contributed by atoms with van der Waals surface area (Å²) in [5, 5.41) is 13.7. The van der Waals surface area contributed by atoms with Crippen molar-refractivity contribution >= 4 is 5.91 Å². The van der Waals surface area contributed by atoms with Crippen molar-refractivity contribution in [1.29, 1.82) is 0 Å². The van der Waals surface area contributed by atoms with Gasteiger partial charge in [0.2, 0.25) is 0 Å². The number of likely N-dealkylation sites (tertiary alicyclic amines) is 1. The molecule has 0 radical (unpaired) electrons. The standard InChI is InChI=1S/C24H30N2O2/c1-18-10-9-13-20(27)21(18)23(28)25-22(19-11-3-2-4-12-19)24(14-5-6-15-24)26-16-7-8-17-26/h2-4,9-13,22,27H,5-8,14-17H2,1H3,(H,25,28).